The lowest BCUT2D eigenvalue weighted by Gasteiger charge is -2.30. The molecule has 0 atom stereocenters. The van der Waals surface area contributed by atoms with Crippen molar-refractivity contribution in [2.45, 2.75) is 19.3 Å². The topological polar surface area (TPSA) is 3.24 Å². The number of hydrogen-bond acceptors (Lipinski definition) is 1. The zero-order valence-corrected chi connectivity index (χ0v) is 31.5. The van der Waals surface area contributed by atoms with Gasteiger partial charge >= 0.3 is 0 Å². The molecule has 1 aliphatic carbocycles. The van der Waals surface area contributed by atoms with Crippen molar-refractivity contribution in [2.24, 2.45) is 0 Å². The molecular weight excluding hydrogens is 675 g/mol. The van der Waals surface area contributed by atoms with Gasteiger partial charge in [-0.2, -0.15) is 0 Å². The second kappa shape index (κ2) is 12.5. The van der Waals surface area contributed by atoms with Gasteiger partial charge in [0.25, 0.3) is 0 Å². The largest absolute Gasteiger partial charge is 0.310 e. The highest BCUT2D eigenvalue weighted by atomic mass is 15.1. The van der Waals surface area contributed by atoms with Crippen LogP contribution in [0.25, 0.3) is 76.5 Å². The normalized spacial score (nSPS) is 13.0. The molecule has 0 fully saturated rings. The Morgan fingerprint density at radius 1 is 0.339 bits per heavy atom. The highest BCUT2D eigenvalue weighted by Gasteiger charge is 2.35. The lowest BCUT2D eigenvalue weighted by molar-refractivity contribution is 0.660. The van der Waals surface area contributed by atoms with E-state index in [9.17, 15) is 0 Å². The minimum atomic E-state index is -0.1000. The first-order valence-electron chi connectivity index (χ1n) is 19.6. The molecule has 10 aromatic rings. The molecule has 1 heteroatoms. The van der Waals surface area contributed by atoms with Crippen LogP contribution >= 0.6 is 0 Å². The Labute approximate surface area is 327 Å². The third-order valence-electron chi connectivity index (χ3n) is 12.2. The molecule has 0 spiro atoms. The monoisotopic (exact) mass is 713 g/mol. The third kappa shape index (κ3) is 5.01. The molecule has 0 unspecified atom stereocenters. The highest BCUT2D eigenvalue weighted by Crippen LogP contribution is 2.51. The summed E-state index contributed by atoms with van der Waals surface area (Å²) >= 11 is 0. The molecule has 0 heterocycles. The van der Waals surface area contributed by atoms with Crippen molar-refractivity contribution in [2.75, 3.05) is 4.90 Å². The lowest BCUT2D eigenvalue weighted by atomic mass is 9.82. The van der Waals surface area contributed by atoms with E-state index >= 15 is 0 Å². The molecule has 264 valence electrons. The quantitative estimate of drug-likeness (QED) is 0.161. The van der Waals surface area contributed by atoms with Crippen molar-refractivity contribution in [1.82, 2.24) is 0 Å². The number of hydrogen-bond donors (Lipinski definition) is 0. The molecule has 0 radical (unpaired) electrons. The van der Waals surface area contributed by atoms with E-state index in [0.717, 1.165) is 17.1 Å². The average molecular weight is 714 g/mol. The van der Waals surface area contributed by atoms with Crippen molar-refractivity contribution >= 4 is 60.2 Å². The second-order valence-electron chi connectivity index (χ2n) is 15.7. The van der Waals surface area contributed by atoms with Crippen LogP contribution in [0.2, 0.25) is 0 Å². The fourth-order valence-corrected chi connectivity index (χ4v) is 9.42. The Kier molecular flexibility index (Phi) is 7.28. The predicted molar refractivity (Wildman–Crippen MR) is 240 cm³/mol. The van der Waals surface area contributed by atoms with E-state index in [1.165, 1.54) is 87.6 Å². The molecular formula is C55H39N. The van der Waals surface area contributed by atoms with Crippen LogP contribution in [0, 0.1) is 0 Å². The van der Waals surface area contributed by atoms with Crippen LogP contribution in [0.15, 0.2) is 200 Å². The van der Waals surface area contributed by atoms with E-state index in [4.69, 9.17) is 0 Å². The zero-order chi connectivity index (χ0) is 37.4. The van der Waals surface area contributed by atoms with Gasteiger partial charge in [0.05, 0.1) is 5.69 Å². The van der Waals surface area contributed by atoms with Crippen LogP contribution in [0.4, 0.5) is 17.1 Å². The molecule has 56 heavy (non-hydrogen) atoms. The van der Waals surface area contributed by atoms with Crippen molar-refractivity contribution < 1.29 is 0 Å². The van der Waals surface area contributed by atoms with E-state index in [0.29, 0.717) is 0 Å². The molecule has 0 N–H and O–H groups in total. The smallest absolute Gasteiger partial charge is 0.0540 e. The maximum Gasteiger partial charge on any atom is 0.0540 e. The van der Waals surface area contributed by atoms with Crippen LogP contribution in [0.1, 0.15) is 25.0 Å². The van der Waals surface area contributed by atoms with Crippen molar-refractivity contribution in [3.05, 3.63) is 211 Å². The second-order valence-corrected chi connectivity index (χ2v) is 15.7. The summed E-state index contributed by atoms with van der Waals surface area (Å²) in [5.41, 5.74) is 13.5. The molecule has 0 aliphatic heterocycles. The van der Waals surface area contributed by atoms with Gasteiger partial charge in [0, 0.05) is 22.4 Å². The molecule has 0 saturated carbocycles. The predicted octanol–water partition coefficient (Wildman–Crippen LogP) is 15.4. The van der Waals surface area contributed by atoms with Gasteiger partial charge in [0.2, 0.25) is 0 Å². The van der Waals surface area contributed by atoms with Crippen LogP contribution in [-0.2, 0) is 5.41 Å². The van der Waals surface area contributed by atoms with Gasteiger partial charge in [0.15, 0.2) is 0 Å². The molecule has 1 nitrogen and oxygen atoms in total. The van der Waals surface area contributed by atoms with Crippen molar-refractivity contribution in [3.8, 4) is 33.4 Å². The summed E-state index contributed by atoms with van der Waals surface area (Å²) in [6.45, 7) is 4.71. The van der Waals surface area contributed by atoms with E-state index in [-0.39, 0.29) is 5.41 Å². The van der Waals surface area contributed by atoms with E-state index in [2.05, 4.69) is 219 Å². The van der Waals surface area contributed by atoms with Gasteiger partial charge in [-0.15, -0.1) is 0 Å². The van der Waals surface area contributed by atoms with Crippen molar-refractivity contribution in [1.29, 1.82) is 0 Å². The number of para-hydroxylation sites is 1. The van der Waals surface area contributed by atoms with Crippen molar-refractivity contribution in [3.63, 3.8) is 0 Å². The zero-order valence-electron chi connectivity index (χ0n) is 31.5. The SMILES string of the molecule is CC1(C)c2ccccc2-c2ccc(N(c3ccc(-c4ccc5c(ccc6ccc7ccc8ccccc8c7c65)c4)cc3)c3ccccc3-c3ccccc3)cc21. The first-order chi connectivity index (χ1) is 27.5. The Hall–Kier alpha value is -6.96. The maximum absolute atomic E-state index is 2.44. The Bertz CT molecular complexity index is 3150. The fraction of sp³-hybridized carbons (Fsp3) is 0.0545. The van der Waals surface area contributed by atoms with Gasteiger partial charge in [-0.25, -0.2) is 0 Å². The Morgan fingerprint density at radius 3 is 1.70 bits per heavy atom. The van der Waals surface area contributed by atoms with Gasteiger partial charge in [-0.05, 0) is 118 Å². The molecule has 0 amide bonds. The summed E-state index contributed by atoms with van der Waals surface area (Å²) in [5.74, 6) is 0. The summed E-state index contributed by atoms with van der Waals surface area (Å²) in [6.07, 6.45) is 0. The average Bonchev–Trinajstić information content (AvgIpc) is 3.49. The minimum Gasteiger partial charge on any atom is -0.310 e. The standard InChI is InChI=1S/C55H39N/c1-55(2)50-18-10-8-17-48(50)49-33-31-44(35-51(49)55)56(52-19-11-9-15-45(52)37-12-4-3-5-13-37)43-29-26-36(27-30-43)41-28-32-47-42(34-41)25-24-40-23-22-39-21-20-38-14-6-7-16-46(38)53(39)54(40)47/h3-35H,1-2H3. The molecule has 1 aliphatic rings. The first-order valence-corrected chi connectivity index (χ1v) is 19.6. The summed E-state index contributed by atoms with van der Waals surface area (Å²) in [5, 5.41) is 10.3. The lowest BCUT2D eigenvalue weighted by Crippen LogP contribution is -2.16. The van der Waals surface area contributed by atoms with Gasteiger partial charge in [0.1, 0.15) is 0 Å². The molecule has 11 rings (SSSR count). The molecule has 0 aromatic heterocycles. The first kappa shape index (κ1) is 32.5. The van der Waals surface area contributed by atoms with Gasteiger partial charge in [-0.3, -0.25) is 0 Å². The summed E-state index contributed by atoms with van der Waals surface area (Å²) < 4.78 is 0. The number of nitrogens with zero attached hydrogens (tertiary/aromatic N) is 1. The summed E-state index contributed by atoms with van der Waals surface area (Å²) in [7, 11) is 0. The molecule has 10 aromatic carbocycles. The van der Waals surface area contributed by atoms with Crippen LogP contribution in [0.3, 0.4) is 0 Å². The van der Waals surface area contributed by atoms with Crippen LogP contribution in [-0.4, -0.2) is 0 Å². The fourth-order valence-electron chi connectivity index (χ4n) is 9.42. The minimum absolute atomic E-state index is 0.1000. The number of rotatable bonds is 5. The number of anilines is 3. The van der Waals surface area contributed by atoms with E-state index in [1.54, 1.807) is 0 Å². The number of fused-ring (bicyclic) bond motifs is 10. The maximum atomic E-state index is 2.44. The summed E-state index contributed by atoms with van der Waals surface area (Å²) in [6, 6.07) is 73.9. The highest BCUT2D eigenvalue weighted by molar-refractivity contribution is 6.27. The van der Waals surface area contributed by atoms with Gasteiger partial charge in [-0.1, -0.05) is 178 Å². The van der Waals surface area contributed by atoms with Gasteiger partial charge < -0.3 is 4.90 Å². The van der Waals surface area contributed by atoms with Crippen LogP contribution in [0.5, 0.6) is 0 Å². The molecule has 0 saturated heterocycles. The van der Waals surface area contributed by atoms with E-state index < -0.39 is 0 Å². The number of benzene rings is 10. The van der Waals surface area contributed by atoms with Crippen LogP contribution < -0.4 is 4.90 Å². The Morgan fingerprint density at radius 2 is 0.911 bits per heavy atom. The van der Waals surface area contributed by atoms with E-state index in [1.807, 2.05) is 0 Å². The molecule has 0 bridgehead atoms. The third-order valence-corrected chi connectivity index (χ3v) is 12.2. The Balaban J connectivity index is 1.04. The summed E-state index contributed by atoms with van der Waals surface area (Å²) in [4.78, 5) is 2.44.